The van der Waals surface area contributed by atoms with Crippen molar-refractivity contribution in [1.82, 2.24) is 19.8 Å². The second-order valence-electron chi connectivity index (χ2n) is 8.92. The third-order valence-corrected chi connectivity index (χ3v) is 6.46. The van der Waals surface area contributed by atoms with E-state index >= 15 is 0 Å². The number of ether oxygens (including phenoxy) is 2. The van der Waals surface area contributed by atoms with Gasteiger partial charge in [0.15, 0.2) is 0 Å². The maximum absolute atomic E-state index is 12.3. The van der Waals surface area contributed by atoms with E-state index in [1.54, 1.807) is 14.0 Å². The van der Waals surface area contributed by atoms with Crippen molar-refractivity contribution in [3.05, 3.63) is 47.5 Å². The van der Waals surface area contributed by atoms with Crippen LogP contribution in [-0.4, -0.2) is 58.5 Å². The van der Waals surface area contributed by atoms with Gasteiger partial charge in [-0.1, -0.05) is 6.92 Å². The van der Waals surface area contributed by atoms with E-state index < -0.39 is 0 Å². The number of hydrogen-bond donors (Lipinski definition) is 0. The van der Waals surface area contributed by atoms with Crippen LogP contribution in [0.2, 0.25) is 0 Å². The minimum atomic E-state index is -0.0282. The van der Waals surface area contributed by atoms with Gasteiger partial charge >= 0.3 is 0 Å². The number of likely N-dealkylation sites (tertiary alicyclic amines) is 1. The molecule has 1 fully saturated rings. The minimum Gasteiger partial charge on any atom is -0.497 e. The van der Waals surface area contributed by atoms with Crippen molar-refractivity contribution < 1.29 is 14.3 Å². The average molecular weight is 439 g/mol. The molecule has 172 valence electrons. The van der Waals surface area contributed by atoms with Crippen molar-refractivity contribution in [2.24, 2.45) is 5.92 Å². The lowest BCUT2D eigenvalue weighted by atomic mass is 9.91. The van der Waals surface area contributed by atoms with Crippen LogP contribution in [0.25, 0.3) is 0 Å². The standard InChI is InChI=1S/C25H34N4O3/c1-4-6-25-26-12-19(13-27-25)14-28-10-5-7-20(15-28)24-17-29(18(2)30)16-21-11-22(31-3)8-9-23(21)32-24/h8-9,11-13,20,24H,4-7,10,14-17H2,1-3H3/t20-,24-/m0/s1. The van der Waals surface area contributed by atoms with E-state index in [2.05, 4.69) is 21.8 Å². The lowest BCUT2D eigenvalue weighted by molar-refractivity contribution is -0.130. The summed E-state index contributed by atoms with van der Waals surface area (Å²) in [5, 5.41) is 0. The van der Waals surface area contributed by atoms with E-state index in [1.165, 1.54) is 0 Å². The number of aryl methyl sites for hydroxylation is 1. The molecule has 0 radical (unpaired) electrons. The Morgan fingerprint density at radius 1 is 1.25 bits per heavy atom. The van der Waals surface area contributed by atoms with Crippen LogP contribution in [0, 0.1) is 5.92 Å². The molecule has 0 N–H and O–H groups in total. The van der Waals surface area contributed by atoms with Gasteiger partial charge in [-0.15, -0.1) is 0 Å². The summed E-state index contributed by atoms with van der Waals surface area (Å²) >= 11 is 0. The van der Waals surface area contributed by atoms with Gasteiger partial charge in [0.05, 0.1) is 13.7 Å². The number of benzene rings is 1. The average Bonchev–Trinajstić information content (AvgIpc) is 3.00. The number of rotatable bonds is 6. The molecular weight excluding hydrogens is 404 g/mol. The number of piperidine rings is 1. The van der Waals surface area contributed by atoms with E-state index in [0.29, 0.717) is 19.0 Å². The normalized spacial score (nSPS) is 21.4. The van der Waals surface area contributed by atoms with E-state index in [1.807, 2.05) is 35.5 Å². The topological polar surface area (TPSA) is 67.8 Å². The molecule has 4 rings (SSSR count). The van der Waals surface area contributed by atoms with Gasteiger partial charge in [0.2, 0.25) is 5.91 Å². The van der Waals surface area contributed by atoms with Crippen molar-refractivity contribution >= 4 is 5.91 Å². The molecular formula is C25H34N4O3. The fourth-order valence-electron chi connectivity index (χ4n) is 4.71. The Morgan fingerprint density at radius 3 is 2.78 bits per heavy atom. The fourth-order valence-corrected chi connectivity index (χ4v) is 4.71. The maximum atomic E-state index is 12.3. The van der Waals surface area contributed by atoms with Gasteiger partial charge in [0.25, 0.3) is 0 Å². The van der Waals surface area contributed by atoms with Crippen LogP contribution in [0.1, 0.15) is 50.1 Å². The minimum absolute atomic E-state index is 0.0282. The Bertz CT molecular complexity index is 918. The summed E-state index contributed by atoms with van der Waals surface area (Å²) in [4.78, 5) is 25.7. The first kappa shape index (κ1) is 22.5. The molecule has 2 aliphatic rings. The fraction of sp³-hybridized carbons (Fsp3) is 0.560. The third-order valence-electron chi connectivity index (χ3n) is 6.46. The Balaban J connectivity index is 1.46. The molecule has 3 heterocycles. The van der Waals surface area contributed by atoms with Crippen LogP contribution in [0.3, 0.4) is 0 Å². The van der Waals surface area contributed by atoms with E-state index in [9.17, 15) is 4.79 Å². The highest BCUT2D eigenvalue weighted by Gasteiger charge is 2.33. The SMILES string of the molecule is CCCc1ncc(CN2CCC[C@H]([C@@H]3CN(C(C)=O)Cc4cc(OC)ccc4O3)C2)cn1. The van der Waals surface area contributed by atoms with Crippen molar-refractivity contribution in [3.8, 4) is 11.5 Å². The Labute approximate surface area is 190 Å². The number of amides is 1. The van der Waals surface area contributed by atoms with Gasteiger partial charge in [-0.25, -0.2) is 9.97 Å². The molecule has 1 saturated heterocycles. The molecule has 2 aliphatic heterocycles. The first-order chi connectivity index (χ1) is 15.6. The summed E-state index contributed by atoms with van der Waals surface area (Å²) in [6.45, 7) is 7.79. The highest BCUT2D eigenvalue weighted by Crippen LogP contribution is 2.33. The zero-order valence-electron chi connectivity index (χ0n) is 19.4. The number of aromatic nitrogens is 2. The second-order valence-corrected chi connectivity index (χ2v) is 8.92. The number of carbonyl (C=O) groups excluding carboxylic acids is 1. The van der Waals surface area contributed by atoms with Crippen molar-refractivity contribution in [1.29, 1.82) is 0 Å². The molecule has 0 spiro atoms. The number of hydrogen-bond acceptors (Lipinski definition) is 6. The molecule has 7 nitrogen and oxygen atoms in total. The largest absolute Gasteiger partial charge is 0.497 e. The monoisotopic (exact) mass is 438 g/mol. The van der Waals surface area contributed by atoms with Crippen LogP contribution in [0.15, 0.2) is 30.6 Å². The summed E-state index contributed by atoms with van der Waals surface area (Å²) < 4.78 is 11.9. The van der Waals surface area contributed by atoms with Crippen molar-refractivity contribution in [2.75, 3.05) is 26.7 Å². The predicted molar refractivity (Wildman–Crippen MR) is 123 cm³/mol. The van der Waals surface area contributed by atoms with Gasteiger partial charge in [0.1, 0.15) is 23.4 Å². The zero-order chi connectivity index (χ0) is 22.5. The highest BCUT2D eigenvalue weighted by molar-refractivity contribution is 5.73. The Hall–Kier alpha value is -2.67. The van der Waals surface area contributed by atoms with Gasteiger partial charge < -0.3 is 14.4 Å². The summed E-state index contributed by atoms with van der Waals surface area (Å²) in [7, 11) is 1.66. The lowest BCUT2D eigenvalue weighted by Gasteiger charge is -2.37. The molecule has 1 amide bonds. The molecule has 1 aromatic heterocycles. The maximum Gasteiger partial charge on any atom is 0.219 e. The molecule has 2 aromatic rings. The van der Waals surface area contributed by atoms with Gasteiger partial charge in [0, 0.05) is 62.4 Å². The van der Waals surface area contributed by atoms with E-state index in [0.717, 1.165) is 73.8 Å². The van der Waals surface area contributed by atoms with Crippen LogP contribution in [0.5, 0.6) is 11.5 Å². The van der Waals surface area contributed by atoms with E-state index in [-0.39, 0.29) is 12.0 Å². The summed E-state index contributed by atoms with van der Waals surface area (Å²) in [5.41, 5.74) is 2.15. The Morgan fingerprint density at radius 2 is 2.06 bits per heavy atom. The molecule has 2 atom stereocenters. The number of fused-ring (bicyclic) bond motifs is 1. The molecule has 0 saturated carbocycles. The molecule has 7 heteroatoms. The lowest BCUT2D eigenvalue weighted by Crippen LogP contribution is -2.46. The summed E-state index contributed by atoms with van der Waals surface area (Å²) in [5.74, 6) is 2.99. The molecule has 1 aromatic carbocycles. The summed E-state index contributed by atoms with van der Waals surface area (Å²) in [6.07, 6.45) is 8.10. The first-order valence-electron chi connectivity index (χ1n) is 11.7. The molecule has 0 bridgehead atoms. The number of nitrogens with zero attached hydrogens (tertiary/aromatic N) is 4. The van der Waals surface area contributed by atoms with E-state index in [4.69, 9.17) is 9.47 Å². The van der Waals surface area contributed by atoms with Crippen LogP contribution < -0.4 is 9.47 Å². The smallest absolute Gasteiger partial charge is 0.219 e. The van der Waals surface area contributed by atoms with Gasteiger partial charge in [-0.3, -0.25) is 9.69 Å². The highest BCUT2D eigenvalue weighted by atomic mass is 16.5. The number of carbonyl (C=O) groups is 1. The summed E-state index contributed by atoms with van der Waals surface area (Å²) in [6, 6.07) is 5.87. The predicted octanol–water partition coefficient (Wildman–Crippen LogP) is 3.46. The zero-order valence-corrected chi connectivity index (χ0v) is 19.4. The van der Waals surface area contributed by atoms with Gasteiger partial charge in [-0.05, 0) is 44.0 Å². The third kappa shape index (κ3) is 5.38. The van der Waals surface area contributed by atoms with Crippen molar-refractivity contribution in [2.45, 2.75) is 58.7 Å². The van der Waals surface area contributed by atoms with Gasteiger partial charge in [-0.2, -0.15) is 0 Å². The van der Waals surface area contributed by atoms with Crippen LogP contribution >= 0.6 is 0 Å². The van der Waals surface area contributed by atoms with Crippen molar-refractivity contribution in [3.63, 3.8) is 0 Å². The Kier molecular flexibility index (Phi) is 7.25. The van der Waals surface area contributed by atoms with Crippen LogP contribution in [0.4, 0.5) is 0 Å². The second kappa shape index (κ2) is 10.3. The molecule has 32 heavy (non-hydrogen) atoms. The number of methoxy groups -OCH3 is 1. The van der Waals surface area contributed by atoms with Crippen LogP contribution in [-0.2, 0) is 24.3 Å². The quantitative estimate of drug-likeness (QED) is 0.688. The molecule has 0 unspecified atom stereocenters. The first-order valence-corrected chi connectivity index (χ1v) is 11.7. The molecule has 0 aliphatic carbocycles.